The third-order valence-electron chi connectivity index (χ3n) is 0.798. The third-order valence-corrected chi connectivity index (χ3v) is 1.24. The Balaban J connectivity index is 3.09. The van der Waals surface area contributed by atoms with E-state index in [9.17, 15) is 4.79 Å². The molecule has 0 unspecified atom stereocenters. The molecule has 0 bridgehead atoms. The first kappa shape index (κ1) is 8.44. The molecule has 0 heterocycles. The first-order valence-corrected chi connectivity index (χ1v) is 3.37. The van der Waals surface area contributed by atoms with Crippen LogP contribution in [0.4, 0.5) is 0 Å². The van der Waals surface area contributed by atoms with Gasteiger partial charge in [0.05, 0.1) is 6.07 Å². The largest absolute Gasteiger partial charge is 0.293 e. The maximum Gasteiger partial charge on any atom is 0.229 e. The monoisotopic (exact) mass is 190 g/mol. The molecule has 0 aromatic carbocycles. The van der Waals surface area contributed by atoms with Crippen molar-refractivity contribution in [2.75, 3.05) is 0 Å². The van der Waals surface area contributed by atoms with E-state index in [1.54, 1.807) is 0 Å². The first-order valence-electron chi connectivity index (χ1n) is 2.57. The van der Waals surface area contributed by atoms with E-state index in [-0.39, 0.29) is 5.91 Å². The molecular weight excluding hydrogens is 184 g/mol. The van der Waals surface area contributed by atoms with Gasteiger partial charge in [-0.15, -0.1) is 0 Å². The molecule has 50 valence electrons. The Labute approximate surface area is 62.4 Å². The highest BCUT2D eigenvalue weighted by atomic mass is 79.9. The van der Waals surface area contributed by atoms with Gasteiger partial charge in [-0.25, -0.2) is 0 Å². The quantitative estimate of drug-likeness (QED) is 0.536. The highest BCUT2D eigenvalue weighted by Gasteiger charge is 1.95. The zero-order valence-electron chi connectivity index (χ0n) is 4.85. The lowest BCUT2D eigenvalue weighted by Gasteiger charge is -1.91. The summed E-state index contributed by atoms with van der Waals surface area (Å²) >= 11 is 2.78. The van der Waals surface area contributed by atoms with E-state index >= 15 is 0 Å². The van der Waals surface area contributed by atoms with Crippen LogP contribution in [0.3, 0.4) is 0 Å². The van der Waals surface area contributed by atoms with Crippen molar-refractivity contribution in [3.05, 3.63) is 0 Å². The molecule has 0 saturated carbocycles. The van der Waals surface area contributed by atoms with Gasteiger partial charge in [0.2, 0.25) is 5.91 Å². The summed E-state index contributed by atoms with van der Waals surface area (Å²) in [7, 11) is 0. The lowest BCUT2D eigenvalue weighted by Crippen LogP contribution is -2.10. The van der Waals surface area contributed by atoms with Crippen molar-refractivity contribution in [2.24, 2.45) is 0 Å². The van der Waals surface area contributed by atoms with Crippen LogP contribution in [0.25, 0.3) is 0 Å². The molecule has 3 nitrogen and oxygen atoms in total. The molecule has 0 aromatic heterocycles. The minimum Gasteiger partial charge on any atom is -0.293 e. The Morgan fingerprint density at radius 2 is 2.44 bits per heavy atom. The third kappa shape index (κ3) is 5.31. The van der Waals surface area contributed by atoms with Gasteiger partial charge in [-0.3, -0.25) is 9.14 Å². The highest BCUT2D eigenvalue weighted by molar-refractivity contribution is 9.08. The van der Waals surface area contributed by atoms with E-state index in [4.69, 9.17) is 5.26 Å². The summed E-state index contributed by atoms with van der Waals surface area (Å²) in [5, 5.41) is 8.06. The number of rotatable bonds is 3. The van der Waals surface area contributed by atoms with Crippen molar-refractivity contribution >= 4 is 22.1 Å². The molecule has 9 heavy (non-hydrogen) atoms. The number of amides is 1. The lowest BCUT2D eigenvalue weighted by molar-refractivity contribution is -0.119. The maximum absolute atomic E-state index is 10.4. The molecule has 1 amide bonds. The molecule has 0 atom stereocenters. The van der Waals surface area contributed by atoms with E-state index < -0.39 is 0 Å². The van der Waals surface area contributed by atoms with Crippen LogP contribution < -0.4 is 4.34 Å². The molecule has 0 aromatic rings. The summed E-state index contributed by atoms with van der Waals surface area (Å²) in [6, 6.07) is 1.95. The summed E-state index contributed by atoms with van der Waals surface area (Å²) < 4.78 is 2.29. The number of carbonyl (C=O) groups excluding carboxylic acids is 1. The number of halogens is 1. The van der Waals surface area contributed by atoms with Gasteiger partial charge in [0, 0.05) is 29.0 Å². The van der Waals surface area contributed by atoms with Crippen LogP contribution >= 0.6 is 16.1 Å². The number of nitrogens with zero attached hydrogens (tertiary/aromatic N) is 1. The van der Waals surface area contributed by atoms with E-state index in [1.807, 2.05) is 6.07 Å². The van der Waals surface area contributed by atoms with Crippen LogP contribution in [0.1, 0.15) is 19.3 Å². The van der Waals surface area contributed by atoms with Crippen molar-refractivity contribution in [1.29, 1.82) is 5.26 Å². The molecule has 1 N–H and O–H groups in total. The van der Waals surface area contributed by atoms with Crippen LogP contribution in [-0.4, -0.2) is 5.91 Å². The van der Waals surface area contributed by atoms with Crippen LogP contribution in [-0.2, 0) is 4.79 Å². The van der Waals surface area contributed by atoms with Crippen molar-refractivity contribution in [2.45, 2.75) is 19.3 Å². The molecule has 0 aliphatic carbocycles. The van der Waals surface area contributed by atoms with Gasteiger partial charge in [0.15, 0.2) is 0 Å². The van der Waals surface area contributed by atoms with E-state index in [0.29, 0.717) is 19.3 Å². The lowest BCUT2D eigenvalue weighted by atomic mass is 10.2. The van der Waals surface area contributed by atoms with Crippen molar-refractivity contribution in [3.63, 3.8) is 0 Å². The van der Waals surface area contributed by atoms with Crippen LogP contribution in [0.15, 0.2) is 0 Å². The average molecular weight is 191 g/mol. The molecule has 0 saturated heterocycles. The fourth-order valence-corrected chi connectivity index (χ4v) is 0.573. The zero-order chi connectivity index (χ0) is 7.11. The highest BCUT2D eigenvalue weighted by Crippen LogP contribution is 1.93. The maximum atomic E-state index is 10.4. The van der Waals surface area contributed by atoms with Crippen LogP contribution in [0.2, 0.25) is 0 Å². The van der Waals surface area contributed by atoms with Crippen molar-refractivity contribution in [1.82, 2.24) is 4.34 Å². The minimum atomic E-state index is -0.0785. The van der Waals surface area contributed by atoms with Crippen LogP contribution in [0.5, 0.6) is 0 Å². The number of nitrogens with one attached hydrogen (secondary N) is 1. The topological polar surface area (TPSA) is 52.9 Å². The fraction of sp³-hybridized carbons (Fsp3) is 0.600. The van der Waals surface area contributed by atoms with Gasteiger partial charge in [0.1, 0.15) is 0 Å². The van der Waals surface area contributed by atoms with Gasteiger partial charge in [-0.2, -0.15) is 5.26 Å². The normalized spacial score (nSPS) is 8.00. The van der Waals surface area contributed by atoms with Crippen LogP contribution in [0, 0.1) is 11.3 Å². The van der Waals surface area contributed by atoms with E-state index in [1.165, 1.54) is 0 Å². The summed E-state index contributed by atoms with van der Waals surface area (Å²) in [5.74, 6) is -0.0785. The van der Waals surface area contributed by atoms with Gasteiger partial charge >= 0.3 is 0 Å². The predicted molar refractivity (Wildman–Crippen MR) is 36.5 cm³/mol. The second-order valence-electron chi connectivity index (χ2n) is 1.53. The van der Waals surface area contributed by atoms with Crippen molar-refractivity contribution < 1.29 is 4.79 Å². The Bertz CT molecular complexity index is 129. The summed E-state index contributed by atoms with van der Waals surface area (Å²) in [6.45, 7) is 0. The van der Waals surface area contributed by atoms with E-state index in [0.717, 1.165) is 0 Å². The average Bonchev–Trinajstić information content (AvgIpc) is 1.89. The molecular formula is C5H7BrN2O. The summed E-state index contributed by atoms with van der Waals surface area (Å²) in [4.78, 5) is 10.4. The molecule has 0 aliphatic rings. The molecule has 4 heteroatoms. The van der Waals surface area contributed by atoms with Gasteiger partial charge < -0.3 is 0 Å². The Kier molecular flexibility index (Phi) is 5.23. The second kappa shape index (κ2) is 5.57. The number of carbonyl (C=O) groups is 1. The van der Waals surface area contributed by atoms with Gasteiger partial charge in [-0.05, 0) is 6.42 Å². The SMILES string of the molecule is N#CCCCC(=O)NBr. The Hall–Kier alpha value is -0.560. The standard InChI is InChI=1S/C5H7BrN2O/c6-8-5(9)3-1-2-4-7/h1-3H2,(H,8,9). The Morgan fingerprint density at radius 1 is 1.78 bits per heavy atom. The molecule has 0 aliphatic heterocycles. The molecule has 0 rings (SSSR count). The molecule has 0 fully saturated rings. The van der Waals surface area contributed by atoms with Crippen molar-refractivity contribution in [3.8, 4) is 6.07 Å². The minimum absolute atomic E-state index is 0.0785. The number of hydrogen-bond donors (Lipinski definition) is 1. The first-order chi connectivity index (χ1) is 4.31. The smallest absolute Gasteiger partial charge is 0.229 e. The van der Waals surface area contributed by atoms with Gasteiger partial charge in [-0.1, -0.05) is 0 Å². The summed E-state index contributed by atoms with van der Waals surface area (Å²) in [6.07, 6.45) is 1.49. The number of unbranched alkanes of at least 4 members (excludes halogenated alkanes) is 1. The summed E-state index contributed by atoms with van der Waals surface area (Å²) in [5.41, 5.74) is 0. The Morgan fingerprint density at radius 3 is 2.89 bits per heavy atom. The molecule has 0 spiro atoms. The van der Waals surface area contributed by atoms with Gasteiger partial charge in [0.25, 0.3) is 0 Å². The molecule has 0 radical (unpaired) electrons. The van der Waals surface area contributed by atoms with E-state index in [2.05, 4.69) is 20.5 Å². The number of hydrogen-bond acceptors (Lipinski definition) is 2. The predicted octanol–water partition coefficient (Wildman–Crippen LogP) is 1.11. The second-order valence-corrected chi connectivity index (χ2v) is 1.93. The zero-order valence-corrected chi connectivity index (χ0v) is 6.44. The fourth-order valence-electron chi connectivity index (χ4n) is 0.375. The number of nitriles is 1.